The topological polar surface area (TPSA) is 32.3 Å². The summed E-state index contributed by atoms with van der Waals surface area (Å²) in [4.78, 5) is 0. The molecule has 18 heavy (non-hydrogen) atoms. The third kappa shape index (κ3) is 4.39. The van der Waals surface area contributed by atoms with E-state index in [-0.39, 0.29) is 18.0 Å². The van der Waals surface area contributed by atoms with Gasteiger partial charge in [-0.25, -0.2) is 4.39 Å². The van der Waals surface area contributed by atoms with Gasteiger partial charge in [0.1, 0.15) is 5.82 Å². The van der Waals surface area contributed by atoms with E-state index >= 15 is 0 Å². The maximum atomic E-state index is 12.8. The molecular formula is C15H24FNO. The van der Waals surface area contributed by atoms with E-state index in [1.807, 2.05) is 6.92 Å². The van der Waals surface area contributed by atoms with E-state index in [0.29, 0.717) is 12.5 Å². The van der Waals surface area contributed by atoms with Crippen LogP contribution in [-0.4, -0.2) is 17.8 Å². The molecule has 0 aromatic heterocycles. The van der Waals surface area contributed by atoms with Crippen molar-refractivity contribution in [2.75, 3.05) is 6.54 Å². The average molecular weight is 253 g/mol. The predicted molar refractivity (Wildman–Crippen MR) is 72.9 cm³/mol. The Hall–Kier alpha value is -0.930. The van der Waals surface area contributed by atoms with Crippen molar-refractivity contribution in [1.29, 1.82) is 0 Å². The van der Waals surface area contributed by atoms with E-state index in [9.17, 15) is 9.50 Å². The maximum Gasteiger partial charge on any atom is 0.123 e. The monoisotopic (exact) mass is 253 g/mol. The first-order chi connectivity index (χ1) is 8.58. The molecule has 0 fully saturated rings. The maximum absolute atomic E-state index is 12.8. The molecule has 1 aromatic rings. The summed E-state index contributed by atoms with van der Waals surface area (Å²) in [6, 6.07) is 6.59. The van der Waals surface area contributed by atoms with E-state index in [4.69, 9.17) is 0 Å². The fourth-order valence-corrected chi connectivity index (χ4v) is 2.17. The SMILES string of the molecule is CCC(CC)C(O)CNC(C)c1ccc(F)cc1. The summed E-state index contributed by atoms with van der Waals surface area (Å²) >= 11 is 0. The van der Waals surface area contributed by atoms with Gasteiger partial charge in [-0.05, 0) is 30.5 Å². The molecule has 0 bridgehead atoms. The van der Waals surface area contributed by atoms with Crippen LogP contribution in [0.2, 0.25) is 0 Å². The van der Waals surface area contributed by atoms with Crippen LogP contribution in [0.15, 0.2) is 24.3 Å². The largest absolute Gasteiger partial charge is 0.392 e. The lowest BCUT2D eigenvalue weighted by Crippen LogP contribution is -2.33. The van der Waals surface area contributed by atoms with Crippen molar-refractivity contribution >= 4 is 0 Å². The zero-order valence-electron chi connectivity index (χ0n) is 11.5. The molecule has 2 N–H and O–H groups in total. The van der Waals surface area contributed by atoms with Crippen LogP contribution >= 0.6 is 0 Å². The summed E-state index contributed by atoms with van der Waals surface area (Å²) < 4.78 is 12.8. The summed E-state index contributed by atoms with van der Waals surface area (Å²) in [5.74, 6) is 0.126. The lowest BCUT2D eigenvalue weighted by atomic mass is 9.96. The smallest absolute Gasteiger partial charge is 0.123 e. The molecule has 0 heterocycles. The second-order valence-corrected chi connectivity index (χ2v) is 4.83. The third-order valence-electron chi connectivity index (χ3n) is 3.60. The lowest BCUT2D eigenvalue weighted by Gasteiger charge is -2.23. The van der Waals surface area contributed by atoms with Gasteiger partial charge in [0.15, 0.2) is 0 Å². The van der Waals surface area contributed by atoms with Crippen molar-refractivity contribution in [3.8, 4) is 0 Å². The molecular weight excluding hydrogens is 229 g/mol. The Kier molecular flexibility index (Phi) is 6.30. The van der Waals surface area contributed by atoms with Crippen molar-refractivity contribution in [2.24, 2.45) is 5.92 Å². The Labute approximate surface area is 109 Å². The lowest BCUT2D eigenvalue weighted by molar-refractivity contribution is 0.0989. The minimum atomic E-state index is -0.317. The van der Waals surface area contributed by atoms with Gasteiger partial charge in [-0.1, -0.05) is 38.8 Å². The Morgan fingerprint density at radius 1 is 1.17 bits per heavy atom. The molecule has 0 amide bonds. The zero-order valence-corrected chi connectivity index (χ0v) is 11.5. The summed E-state index contributed by atoms with van der Waals surface area (Å²) in [7, 11) is 0. The van der Waals surface area contributed by atoms with Crippen LogP contribution in [0.1, 0.15) is 45.2 Å². The van der Waals surface area contributed by atoms with Crippen molar-refractivity contribution in [3.05, 3.63) is 35.6 Å². The van der Waals surface area contributed by atoms with Gasteiger partial charge in [-0.3, -0.25) is 0 Å². The highest BCUT2D eigenvalue weighted by Crippen LogP contribution is 2.15. The molecule has 3 heteroatoms. The Bertz CT molecular complexity index is 335. The van der Waals surface area contributed by atoms with Crippen LogP contribution in [0.3, 0.4) is 0 Å². The van der Waals surface area contributed by atoms with Crippen LogP contribution < -0.4 is 5.32 Å². The number of nitrogens with one attached hydrogen (secondary N) is 1. The normalized spacial score (nSPS) is 14.8. The van der Waals surface area contributed by atoms with E-state index in [1.165, 1.54) is 12.1 Å². The molecule has 1 rings (SSSR count). The molecule has 0 aliphatic heterocycles. The van der Waals surface area contributed by atoms with Gasteiger partial charge in [0.2, 0.25) is 0 Å². The Balaban J connectivity index is 2.45. The van der Waals surface area contributed by atoms with Gasteiger partial charge in [-0.15, -0.1) is 0 Å². The van der Waals surface area contributed by atoms with Gasteiger partial charge < -0.3 is 10.4 Å². The molecule has 0 spiro atoms. The number of aliphatic hydroxyl groups is 1. The highest BCUT2D eigenvalue weighted by atomic mass is 19.1. The average Bonchev–Trinajstić information content (AvgIpc) is 2.38. The Morgan fingerprint density at radius 3 is 2.22 bits per heavy atom. The Morgan fingerprint density at radius 2 is 1.72 bits per heavy atom. The first-order valence-corrected chi connectivity index (χ1v) is 6.75. The highest BCUT2D eigenvalue weighted by molar-refractivity contribution is 5.19. The van der Waals surface area contributed by atoms with E-state index in [2.05, 4.69) is 19.2 Å². The van der Waals surface area contributed by atoms with Crippen molar-refractivity contribution in [1.82, 2.24) is 5.32 Å². The van der Waals surface area contributed by atoms with Gasteiger partial charge in [0.05, 0.1) is 6.10 Å². The van der Waals surface area contributed by atoms with Gasteiger partial charge in [0, 0.05) is 12.6 Å². The first-order valence-electron chi connectivity index (χ1n) is 6.75. The molecule has 2 nitrogen and oxygen atoms in total. The molecule has 102 valence electrons. The number of benzene rings is 1. The fraction of sp³-hybridized carbons (Fsp3) is 0.600. The molecule has 0 aliphatic carbocycles. The first kappa shape index (κ1) is 15.1. The minimum Gasteiger partial charge on any atom is -0.392 e. The number of hydrogen-bond acceptors (Lipinski definition) is 2. The highest BCUT2D eigenvalue weighted by Gasteiger charge is 2.16. The summed E-state index contributed by atoms with van der Waals surface area (Å²) in [5.41, 5.74) is 1.04. The van der Waals surface area contributed by atoms with Crippen molar-refractivity contribution < 1.29 is 9.50 Å². The molecule has 0 aliphatic rings. The summed E-state index contributed by atoms with van der Waals surface area (Å²) in [6.07, 6.45) is 1.66. The van der Waals surface area contributed by atoms with Crippen LogP contribution in [0.5, 0.6) is 0 Å². The molecule has 0 saturated heterocycles. The molecule has 1 aromatic carbocycles. The molecule has 2 unspecified atom stereocenters. The number of halogens is 1. The zero-order chi connectivity index (χ0) is 13.5. The van der Waals surface area contributed by atoms with Crippen LogP contribution in [-0.2, 0) is 0 Å². The van der Waals surface area contributed by atoms with E-state index < -0.39 is 0 Å². The van der Waals surface area contributed by atoms with Crippen LogP contribution in [0, 0.1) is 11.7 Å². The molecule has 0 saturated carbocycles. The number of hydrogen-bond donors (Lipinski definition) is 2. The minimum absolute atomic E-state index is 0.120. The number of rotatable bonds is 7. The van der Waals surface area contributed by atoms with Crippen LogP contribution in [0.4, 0.5) is 4.39 Å². The van der Waals surface area contributed by atoms with E-state index in [1.54, 1.807) is 12.1 Å². The van der Waals surface area contributed by atoms with Crippen molar-refractivity contribution in [2.45, 2.75) is 45.8 Å². The molecule has 2 atom stereocenters. The van der Waals surface area contributed by atoms with Gasteiger partial charge in [0.25, 0.3) is 0 Å². The third-order valence-corrected chi connectivity index (χ3v) is 3.60. The van der Waals surface area contributed by atoms with Gasteiger partial charge >= 0.3 is 0 Å². The van der Waals surface area contributed by atoms with Crippen LogP contribution in [0.25, 0.3) is 0 Å². The van der Waals surface area contributed by atoms with Gasteiger partial charge in [-0.2, -0.15) is 0 Å². The van der Waals surface area contributed by atoms with E-state index in [0.717, 1.165) is 18.4 Å². The standard InChI is InChI=1S/C15H24FNO/c1-4-12(5-2)15(18)10-17-11(3)13-6-8-14(16)9-7-13/h6-9,11-12,15,17-18H,4-5,10H2,1-3H3. The quantitative estimate of drug-likeness (QED) is 0.781. The fourth-order valence-electron chi connectivity index (χ4n) is 2.17. The second kappa shape index (κ2) is 7.49. The second-order valence-electron chi connectivity index (χ2n) is 4.83. The predicted octanol–water partition coefficient (Wildman–Crippen LogP) is 3.27. The molecule has 0 radical (unpaired) electrons. The number of aliphatic hydroxyl groups excluding tert-OH is 1. The summed E-state index contributed by atoms with van der Waals surface area (Å²) in [5, 5.41) is 13.3. The summed E-state index contributed by atoms with van der Waals surface area (Å²) in [6.45, 7) is 6.79. The van der Waals surface area contributed by atoms with Crippen molar-refractivity contribution in [3.63, 3.8) is 0 Å².